The lowest BCUT2D eigenvalue weighted by Crippen LogP contribution is -2.50. The van der Waals surface area contributed by atoms with Crippen molar-refractivity contribution in [2.24, 2.45) is 0 Å². The molecule has 0 radical (unpaired) electrons. The highest BCUT2D eigenvalue weighted by atomic mass is 16.6. The molecule has 0 saturated carbocycles. The second-order valence-electron chi connectivity index (χ2n) is 5.64. The van der Waals surface area contributed by atoms with Crippen LogP contribution in [0.5, 0.6) is 0 Å². The van der Waals surface area contributed by atoms with Gasteiger partial charge in [-0.25, -0.2) is 0 Å². The van der Waals surface area contributed by atoms with Gasteiger partial charge in [0.25, 0.3) is 0 Å². The summed E-state index contributed by atoms with van der Waals surface area (Å²) >= 11 is 0. The Hall–Kier alpha value is -1.59. The van der Waals surface area contributed by atoms with Crippen LogP contribution >= 0.6 is 0 Å². The van der Waals surface area contributed by atoms with Crippen LogP contribution in [0.15, 0.2) is 0 Å². The van der Waals surface area contributed by atoms with Gasteiger partial charge in [0.15, 0.2) is 0 Å². The van der Waals surface area contributed by atoms with Gasteiger partial charge in [0.05, 0.1) is 6.42 Å². The molecule has 1 atom stereocenters. The number of carbonyl (C=O) groups excluding carboxylic acids is 3. The Morgan fingerprint density at radius 3 is 2.63 bits per heavy atom. The Bertz CT molecular complexity index is 360. The van der Waals surface area contributed by atoms with Gasteiger partial charge in [-0.05, 0) is 33.6 Å². The van der Waals surface area contributed by atoms with Gasteiger partial charge in [-0.2, -0.15) is 0 Å². The molecule has 1 heterocycles. The maximum atomic E-state index is 11.6. The molecule has 0 aromatic carbocycles. The molecule has 19 heavy (non-hydrogen) atoms. The van der Waals surface area contributed by atoms with Crippen molar-refractivity contribution in [2.45, 2.75) is 58.1 Å². The van der Waals surface area contributed by atoms with E-state index >= 15 is 0 Å². The SMILES string of the molecule is CC(C)(C)OC(=O)CCC(=O)NC1CCCNC1=O. The molecule has 6 heteroatoms. The van der Waals surface area contributed by atoms with E-state index in [1.54, 1.807) is 20.8 Å². The van der Waals surface area contributed by atoms with Crippen molar-refractivity contribution in [3.63, 3.8) is 0 Å². The zero-order chi connectivity index (χ0) is 14.5. The molecule has 1 fully saturated rings. The van der Waals surface area contributed by atoms with E-state index in [-0.39, 0.29) is 24.7 Å². The van der Waals surface area contributed by atoms with E-state index in [9.17, 15) is 14.4 Å². The summed E-state index contributed by atoms with van der Waals surface area (Å²) in [5, 5.41) is 5.32. The van der Waals surface area contributed by atoms with Crippen molar-refractivity contribution in [1.82, 2.24) is 10.6 Å². The molecule has 2 amide bonds. The highest BCUT2D eigenvalue weighted by Gasteiger charge is 2.24. The van der Waals surface area contributed by atoms with E-state index in [0.29, 0.717) is 13.0 Å². The van der Waals surface area contributed by atoms with Gasteiger partial charge in [-0.3, -0.25) is 14.4 Å². The number of amides is 2. The van der Waals surface area contributed by atoms with E-state index < -0.39 is 17.6 Å². The smallest absolute Gasteiger partial charge is 0.306 e. The maximum Gasteiger partial charge on any atom is 0.306 e. The van der Waals surface area contributed by atoms with Crippen LogP contribution in [0, 0.1) is 0 Å². The lowest BCUT2D eigenvalue weighted by atomic mass is 10.1. The third-order valence-corrected chi connectivity index (χ3v) is 2.60. The first-order valence-corrected chi connectivity index (χ1v) is 6.57. The van der Waals surface area contributed by atoms with Gasteiger partial charge in [0, 0.05) is 13.0 Å². The number of hydrogen-bond acceptors (Lipinski definition) is 4. The Morgan fingerprint density at radius 2 is 2.05 bits per heavy atom. The summed E-state index contributed by atoms with van der Waals surface area (Å²) in [6.07, 6.45) is 1.56. The zero-order valence-corrected chi connectivity index (χ0v) is 11.7. The number of piperidine rings is 1. The average Bonchev–Trinajstić information content (AvgIpc) is 2.27. The number of carbonyl (C=O) groups is 3. The predicted molar refractivity (Wildman–Crippen MR) is 69.3 cm³/mol. The molecule has 108 valence electrons. The summed E-state index contributed by atoms with van der Waals surface area (Å²) in [6, 6.07) is -0.472. The number of esters is 1. The summed E-state index contributed by atoms with van der Waals surface area (Å²) in [7, 11) is 0. The first kappa shape index (κ1) is 15.5. The van der Waals surface area contributed by atoms with Gasteiger partial charge in [-0.1, -0.05) is 0 Å². The molecular formula is C13H22N2O4. The van der Waals surface area contributed by atoms with Crippen molar-refractivity contribution in [2.75, 3.05) is 6.54 Å². The van der Waals surface area contributed by atoms with E-state index in [2.05, 4.69) is 10.6 Å². The molecule has 0 spiro atoms. The van der Waals surface area contributed by atoms with Crippen LogP contribution in [0.1, 0.15) is 46.5 Å². The van der Waals surface area contributed by atoms with Gasteiger partial charge in [0.2, 0.25) is 11.8 Å². The Morgan fingerprint density at radius 1 is 1.37 bits per heavy atom. The summed E-state index contributed by atoms with van der Waals surface area (Å²) in [5.74, 6) is -0.861. The molecule has 2 N–H and O–H groups in total. The molecule has 6 nitrogen and oxygen atoms in total. The fraction of sp³-hybridized carbons (Fsp3) is 0.769. The zero-order valence-electron chi connectivity index (χ0n) is 11.7. The second kappa shape index (κ2) is 6.54. The minimum absolute atomic E-state index is 0.0252. The Kier molecular flexibility index (Phi) is 5.32. The van der Waals surface area contributed by atoms with Gasteiger partial charge in [-0.15, -0.1) is 0 Å². The molecule has 1 rings (SSSR count). The first-order valence-electron chi connectivity index (χ1n) is 6.57. The molecule has 0 aromatic rings. The Balaban J connectivity index is 2.27. The third kappa shape index (κ3) is 6.22. The van der Waals surface area contributed by atoms with E-state index in [4.69, 9.17) is 4.74 Å². The van der Waals surface area contributed by atoms with Crippen LogP contribution < -0.4 is 10.6 Å². The summed E-state index contributed by atoms with van der Waals surface area (Å²) in [4.78, 5) is 34.5. The molecule has 1 aliphatic heterocycles. The summed E-state index contributed by atoms with van der Waals surface area (Å²) in [6.45, 7) is 5.98. The lowest BCUT2D eigenvalue weighted by Gasteiger charge is -2.23. The van der Waals surface area contributed by atoms with Crippen molar-refractivity contribution in [3.8, 4) is 0 Å². The highest BCUT2D eigenvalue weighted by Crippen LogP contribution is 2.09. The topological polar surface area (TPSA) is 84.5 Å². The van der Waals surface area contributed by atoms with Crippen LogP contribution in [-0.2, 0) is 19.1 Å². The van der Waals surface area contributed by atoms with Crippen molar-refractivity contribution in [3.05, 3.63) is 0 Å². The normalized spacial score (nSPS) is 19.5. The molecule has 1 unspecified atom stereocenters. The highest BCUT2D eigenvalue weighted by molar-refractivity contribution is 5.89. The Labute approximate surface area is 113 Å². The third-order valence-electron chi connectivity index (χ3n) is 2.60. The molecule has 1 aliphatic rings. The fourth-order valence-corrected chi connectivity index (χ4v) is 1.78. The number of nitrogens with one attached hydrogen (secondary N) is 2. The number of rotatable bonds is 4. The van der Waals surface area contributed by atoms with Gasteiger partial charge >= 0.3 is 5.97 Å². The van der Waals surface area contributed by atoms with Crippen molar-refractivity contribution < 1.29 is 19.1 Å². The van der Waals surface area contributed by atoms with Crippen molar-refractivity contribution >= 4 is 17.8 Å². The quantitative estimate of drug-likeness (QED) is 0.729. The van der Waals surface area contributed by atoms with E-state index in [1.165, 1.54) is 0 Å². The predicted octanol–water partition coefficient (Wildman–Crippen LogP) is 0.503. The van der Waals surface area contributed by atoms with Gasteiger partial charge < -0.3 is 15.4 Å². The molecule has 0 bridgehead atoms. The molecule has 0 aromatic heterocycles. The van der Waals surface area contributed by atoms with E-state index in [1.807, 2.05) is 0 Å². The number of hydrogen-bond donors (Lipinski definition) is 2. The summed E-state index contributed by atoms with van der Waals surface area (Å²) < 4.78 is 5.10. The van der Waals surface area contributed by atoms with Crippen LogP contribution in [0.4, 0.5) is 0 Å². The molecule has 1 saturated heterocycles. The number of ether oxygens (including phenoxy) is 1. The first-order chi connectivity index (χ1) is 8.78. The van der Waals surface area contributed by atoms with Crippen LogP contribution in [0.2, 0.25) is 0 Å². The molecular weight excluding hydrogens is 248 g/mol. The lowest BCUT2D eigenvalue weighted by molar-refractivity contribution is -0.155. The fourth-order valence-electron chi connectivity index (χ4n) is 1.78. The second-order valence-corrected chi connectivity index (χ2v) is 5.64. The average molecular weight is 270 g/mol. The monoisotopic (exact) mass is 270 g/mol. The van der Waals surface area contributed by atoms with Crippen LogP contribution in [0.3, 0.4) is 0 Å². The maximum absolute atomic E-state index is 11.6. The molecule has 0 aliphatic carbocycles. The van der Waals surface area contributed by atoms with Gasteiger partial charge in [0.1, 0.15) is 11.6 Å². The van der Waals surface area contributed by atoms with Crippen molar-refractivity contribution in [1.29, 1.82) is 0 Å². The van der Waals surface area contributed by atoms with Crippen LogP contribution in [0.25, 0.3) is 0 Å². The minimum Gasteiger partial charge on any atom is -0.460 e. The standard InChI is InChI=1S/C13H22N2O4/c1-13(2,3)19-11(17)7-6-10(16)15-9-5-4-8-14-12(9)18/h9H,4-8H2,1-3H3,(H,14,18)(H,15,16). The largest absolute Gasteiger partial charge is 0.460 e. The van der Waals surface area contributed by atoms with E-state index in [0.717, 1.165) is 6.42 Å². The minimum atomic E-state index is -0.545. The van der Waals surface area contributed by atoms with Crippen LogP contribution in [-0.4, -0.2) is 36.0 Å². The summed E-state index contributed by atoms with van der Waals surface area (Å²) in [5.41, 5.74) is -0.545.